The van der Waals surface area contributed by atoms with Crippen molar-refractivity contribution in [2.75, 3.05) is 28.6 Å². The normalized spacial score (nSPS) is 14.0. The highest BCUT2D eigenvalue weighted by Crippen LogP contribution is 2.28. The second-order valence-electron chi connectivity index (χ2n) is 6.46. The van der Waals surface area contributed by atoms with Crippen molar-refractivity contribution < 1.29 is 22.0 Å². The molecule has 0 fully saturated rings. The van der Waals surface area contributed by atoms with E-state index >= 15 is 0 Å². The molecule has 8 heteroatoms. The Kier molecular flexibility index (Phi) is 5.46. The van der Waals surface area contributed by atoms with Gasteiger partial charge in [-0.15, -0.1) is 0 Å². The van der Waals surface area contributed by atoms with Crippen LogP contribution in [-0.4, -0.2) is 33.7 Å². The summed E-state index contributed by atoms with van der Waals surface area (Å²) in [5, 5.41) is 0. The van der Waals surface area contributed by atoms with Crippen LogP contribution in [0.15, 0.2) is 42.5 Å². The minimum Gasteiger partial charge on any atom is -0.312 e. The van der Waals surface area contributed by atoms with E-state index in [9.17, 15) is 22.0 Å². The highest BCUT2D eigenvalue weighted by molar-refractivity contribution is 7.92. The number of hydrogen-bond donors (Lipinski definition) is 0. The lowest BCUT2D eigenvalue weighted by molar-refractivity contribution is -0.118. The molecular formula is C19H20F2N2O3S. The standard InChI is InChI=1S/C19H20F2N2O3S/c1-27(25,26)23(18-9-8-15(20)13-16(18)21)12-10-19(24)22-11-4-6-14-5-2-3-7-17(14)22/h2-3,5,7-9,13H,4,6,10-12H2,1H3. The minimum absolute atomic E-state index is 0.113. The fourth-order valence-electron chi connectivity index (χ4n) is 3.27. The van der Waals surface area contributed by atoms with Gasteiger partial charge in [0.25, 0.3) is 0 Å². The van der Waals surface area contributed by atoms with Gasteiger partial charge in [0.1, 0.15) is 11.6 Å². The number of halogens is 2. The molecule has 1 aliphatic rings. The summed E-state index contributed by atoms with van der Waals surface area (Å²) in [7, 11) is -3.84. The third-order valence-electron chi connectivity index (χ3n) is 4.52. The van der Waals surface area contributed by atoms with Crippen LogP contribution in [-0.2, 0) is 21.2 Å². The molecule has 0 bridgehead atoms. The van der Waals surface area contributed by atoms with Crippen molar-refractivity contribution in [3.63, 3.8) is 0 Å². The molecule has 3 rings (SSSR count). The average molecular weight is 394 g/mol. The lowest BCUT2D eigenvalue weighted by Gasteiger charge is -2.30. The van der Waals surface area contributed by atoms with E-state index in [1.54, 1.807) is 4.90 Å². The lowest BCUT2D eigenvalue weighted by atomic mass is 10.0. The van der Waals surface area contributed by atoms with Gasteiger partial charge >= 0.3 is 0 Å². The van der Waals surface area contributed by atoms with E-state index in [-0.39, 0.29) is 24.6 Å². The molecule has 1 heterocycles. The topological polar surface area (TPSA) is 57.7 Å². The number of rotatable bonds is 5. The molecule has 1 amide bonds. The average Bonchev–Trinajstić information content (AvgIpc) is 2.61. The monoisotopic (exact) mass is 394 g/mol. The van der Waals surface area contributed by atoms with Crippen molar-refractivity contribution in [2.24, 2.45) is 0 Å². The van der Waals surface area contributed by atoms with Gasteiger partial charge in [-0.1, -0.05) is 18.2 Å². The lowest BCUT2D eigenvalue weighted by Crippen LogP contribution is -2.39. The number of anilines is 2. The zero-order valence-electron chi connectivity index (χ0n) is 14.9. The van der Waals surface area contributed by atoms with E-state index in [4.69, 9.17) is 0 Å². The minimum atomic E-state index is -3.84. The largest absolute Gasteiger partial charge is 0.312 e. The number of sulfonamides is 1. The van der Waals surface area contributed by atoms with Crippen molar-refractivity contribution in [3.8, 4) is 0 Å². The summed E-state index contributed by atoms with van der Waals surface area (Å²) in [6.07, 6.45) is 2.52. The smallest absolute Gasteiger partial charge is 0.232 e. The van der Waals surface area contributed by atoms with Gasteiger partial charge in [0.15, 0.2) is 0 Å². The number of amides is 1. The van der Waals surface area contributed by atoms with Crippen LogP contribution in [0, 0.1) is 11.6 Å². The Hall–Kier alpha value is -2.48. The summed E-state index contributed by atoms with van der Waals surface area (Å²) in [6, 6.07) is 10.3. The Balaban J connectivity index is 1.80. The molecule has 0 spiro atoms. The van der Waals surface area contributed by atoms with Gasteiger partial charge in [-0.2, -0.15) is 0 Å². The van der Waals surface area contributed by atoms with Crippen LogP contribution in [0.4, 0.5) is 20.2 Å². The van der Waals surface area contributed by atoms with E-state index in [1.165, 1.54) is 0 Å². The zero-order valence-corrected chi connectivity index (χ0v) is 15.7. The van der Waals surface area contributed by atoms with Crippen LogP contribution in [0.2, 0.25) is 0 Å². The maximum atomic E-state index is 14.1. The number of para-hydroxylation sites is 1. The molecule has 0 atom stereocenters. The van der Waals surface area contributed by atoms with Crippen molar-refractivity contribution in [2.45, 2.75) is 19.3 Å². The summed E-state index contributed by atoms with van der Waals surface area (Å²) in [6.45, 7) is 0.332. The van der Waals surface area contributed by atoms with Crippen molar-refractivity contribution in [1.29, 1.82) is 0 Å². The fourth-order valence-corrected chi connectivity index (χ4v) is 4.20. The number of hydrogen-bond acceptors (Lipinski definition) is 3. The van der Waals surface area contributed by atoms with Gasteiger partial charge in [-0.3, -0.25) is 9.10 Å². The Morgan fingerprint density at radius 1 is 1.19 bits per heavy atom. The molecule has 2 aromatic rings. The highest BCUT2D eigenvalue weighted by atomic mass is 32.2. The maximum Gasteiger partial charge on any atom is 0.232 e. The van der Waals surface area contributed by atoms with E-state index < -0.39 is 21.7 Å². The maximum absolute atomic E-state index is 14.1. The predicted octanol–water partition coefficient (Wildman–Crippen LogP) is 3.10. The molecule has 27 heavy (non-hydrogen) atoms. The van der Waals surface area contributed by atoms with Gasteiger partial charge in [0.05, 0.1) is 11.9 Å². The van der Waals surface area contributed by atoms with E-state index in [2.05, 4.69) is 0 Å². The summed E-state index contributed by atoms with van der Waals surface area (Å²) in [5.41, 5.74) is 1.63. The SMILES string of the molecule is CS(=O)(=O)N(CCC(=O)N1CCCc2ccccc21)c1ccc(F)cc1F. The first-order chi connectivity index (χ1) is 12.8. The summed E-state index contributed by atoms with van der Waals surface area (Å²) in [5.74, 6) is -2.03. The second kappa shape index (κ2) is 7.64. The van der Waals surface area contributed by atoms with Crippen LogP contribution in [0.1, 0.15) is 18.4 Å². The molecule has 0 aliphatic carbocycles. The van der Waals surface area contributed by atoms with E-state index in [0.717, 1.165) is 46.8 Å². The summed E-state index contributed by atoms with van der Waals surface area (Å²) >= 11 is 0. The molecule has 1 aliphatic heterocycles. The van der Waals surface area contributed by atoms with Crippen LogP contribution in [0.5, 0.6) is 0 Å². The molecule has 0 aromatic heterocycles. The second-order valence-corrected chi connectivity index (χ2v) is 8.37. The number of aryl methyl sites for hydroxylation is 1. The fraction of sp³-hybridized carbons (Fsp3) is 0.316. The Labute approximate surface area is 157 Å². The molecule has 0 radical (unpaired) electrons. The van der Waals surface area contributed by atoms with Gasteiger partial charge in [-0.05, 0) is 36.6 Å². The Morgan fingerprint density at radius 2 is 1.93 bits per heavy atom. The van der Waals surface area contributed by atoms with Gasteiger partial charge in [0.2, 0.25) is 15.9 Å². The molecule has 2 aromatic carbocycles. The first-order valence-electron chi connectivity index (χ1n) is 8.58. The first kappa shape index (κ1) is 19.3. The van der Waals surface area contributed by atoms with Crippen LogP contribution >= 0.6 is 0 Å². The first-order valence-corrected chi connectivity index (χ1v) is 10.4. The Morgan fingerprint density at radius 3 is 2.63 bits per heavy atom. The molecule has 0 saturated heterocycles. The number of carbonyl (C=O) groups is 1. The molecule has 0 saturated carbocycles. The summed E-state index contributed by atoms with van der Waals surface area (Å²) in [4.78, 5) is 14.4. The quantitative estimate of drug-likeness (QED) is 0.783. The van der Waals surface area contributed by atoms with Crippen molar-refractivity contribution >= 4 is 27.3 Å². The van der Waals surface area contributed by atoms with E-state index in [1.807, 2.05) is 24.3 Å². The number of carbonyl (C=O) groups excluding carboxylic acids is 1. The molecule has 0 unspecified atom stereocenters. The zero-order chi connectivity index (χ0) is 19.6. The van der Waals surface area contributed by atoms with Gasteiger partial charge < -0.3 is 4.90 Å². The van der Waals surface area contributed by atoms with Crippen LogP contribution in [0.25, 0.3) is 0 Å². The Bertz CT molecular complexity index is 963. The molecule has 5 nitrogen and oxygen atoms in total. The molecular weight excluding hydrogens is 374 g/mol. The van der Waals surface area contributed by atoms with Crippen LogP contribution < -0.4 is 9.21 Å². The van der Waals surface area contributed by atoms with Gasteiger partial charge in [0, 0.05) is 31.3 Å². The molecule has 0 N–H and O–H groups in total. The van der Waals surface area contributed by atoms with Crippen LogP contribution in [0.3, 0.4) is 0 Å². The third-order valence-corrected chi connectivity index (χ3v) is 5.70. The summed E-state index contributed by atoms with van der Waals surface area (Å²) < 4.78 is 52.2. The van der Waals surface area contributed by atoms with Gasteiger partial charge in [-0.25, -0.2) is 17.2 Å². The van der Waals surface area contributed by atoms with E-state index in [0.29, 0.717) is 12.6 Å². The van der Waals surface area contributed by atoms with Crippen molar-refractivity contribution in [1.82, 2.24) is 0 Å². The molecule has 144 valence electrons. The highest BCUT2D eigenvalue weighted by Gasteiger charge is 2.26. The number of fused-ring (bicyclic) bond motifs is 1. The third kappa shape index (κ3) is 4.27. The number of nitrogens with zero attached hydrogens (tertiary/aromatic N) is 2. The number of benzene rings is 2. The predicted molar refractivity (Wildman–Crippen MR) is 100 cm³/mol. The van der Waals surface area contributed by atoms with Crippen molar-refractivity contribution in [3.05, 3.63) is 59.7 Å².